The van der Waals surface area contributed by atoms with E-state index in [-0.39, 0.29) is 11.3 Å². The number of likely N-dealkylation sites (tertiary alicyclic amines) is 1. The Hall–Kier alpha value is -0.140. The van der Waals surface area contributed by atoms with Gasteiger partial charge in [0.05, 0.1) is 5.56 Å². The second kappa shape index (κ2) is 6.75. The van der Waals surface area contributed by atoms with Crippen LogP contribution in [0.5, 0.6) is 0 Å². The van der Waals surface area contributed by atoms with Gasteiger partial charge in [-0.25, -0.2) is 0 Å². The molecule has 110 valence electrons. The van der Waals surface area contributed by atoms with E-state index in [1.54, 1.807) is 0 Å². The molecule has 0 aromatic heterocycles. The Kier molecular flexibility index (Phi) is 5.48. The maximum Gasteiger partial charge on any atom is 0.252 e. The first-order valence-electron chi connectivity index (χ1n) is 6.81. The molecule has 20 heavy (non-hydrogen) atoms. The minimum atomic E-state index is 0.00976. The summed E-state index contributed by atoms with van der Waals surface area (Å²) in [5, 5.41) is 3.10. The monoisotopic (exact) mass is 450 g/mol. The summed E-state index contributed by atoms with van der Waals surface area (Å²) in [6.45, 7) is 5.24. The van der Waals surface area contributed by atoms with Crippen molar-refractivity contribution in [2.75, 3.05) is 26.7 Å². The first kappa shape index (κ1) is 16.2. The molecule has 1 aromatic rings. The second-order valence-corrected chi connectivity index (χ2v) is 8.02. The number of hydrogen-bond acceptors (Lipinski definition) is 2. The molecule has 0 atom stereocenters. The third kappa shape index (κ3) is 4.18. The highest BCUT2D eigenvalue weighted by molar-refractivity contribution is 14.1. The molecule has 0 unspecified atom stereocenters. The van der Waals surface area contributed by atoms with Gasteiger partial charge < -0.3 is 10.2 Å². The number of amides is 1. The van der Waals surface area contributed by atoms with Crippen LogP contribution in [0.25, 0.3) is 0 Å². The average Bonchev–Trinajstić information content (AvgIpc) is 2.43. The Labute approximate surface area is 142 Å². The summed E-state index contributed by atoms with van der Waals surface area (Å²) in [6, 6.07) is 5.82. The molecule has 0 spiro atoms. The lowest BCUT2D eigenvalue weighted by atomic mass is 9.80. The van der Waals surface area contributed by atoms with E-state index in [1.807, 2.05) is 18.2 Å². The molecule has 1 N–H and O–H groups in total. The number of carbonyl (C=O) groups excluding carboxylic acids is 1. The van der Waals surface area contributed by atoms with Crippen LogP contribution in [0.4, 0.5) is 0 Å². The molecule has 1 fully saturated rings. The Morgan fingerprint density at radius 1 is 1.45 bits per heavy atom. The zero-order valence-electron chi connectivity index (χ0n) is 11.9. The Bertz CT molecular complexity index is 499. The molecule has 5 heteroatoms. The van der Waals surface area contributed by atoms with Crippen molar-refractivity contribution in [1.82, 2.24) is 10.2 Å². The van der Waals surface area contributed by atoms with E-state index >= 15 is 0 Å². The standard InChI is InChI=1S/C15H20BrIN2O/c1-15(5-7-19(2)8-6-15)10-18-14(20)12-9-11(17)3-4-13(12)16/h3-4,9H,5-8,10H2,1-2H3,(H,18,20). The van der Waals surface area contributed by atoms with Crippen LogP contribution in [0.1, 0.15) is 30.1 Å². The van der Waals surface area contributed by atoms with Crippen LogP contribution in [0.3, 0.4) is 0 Å². The number of nitrogens with one attached hydrogen (secondary N) is 1. The molecule has 1 heterocycles. The summed E-state index contributed by atoms with van der Waals surface area (Å²) in [5.74, 6) is 0.00976. The summed E-state index contributed by atoms with van der Waals surface area (Å²) in [7, 11) is 2.15. The maximum atomic E-state index is 12.3. The van der Waals surface area contributed by atoms with Gasteiger partial charge in [-0.3, -0.25) is 4.79 Å². The zero-order valence-corrected chi connectivity index (χ0v) is 15.6. The molecule has 1 amide bonds. The molecule has 1 aromatic carbocycles. The summed E-state index contributed by atoms with van der Waals surface area (Å²) >= 11 is 5.67. The summed E-state index contributed by atoms with van der Waals surface area (Å²) in [6.07, 6.45) is 2.27. The molecule has 1 aliphatic heterocycles. The summed E-state index contributed by atoms with van der Waals surface area (Å²) in [4.78, 5) is 14.7. The fourth-order valence-corrected chi connectivity index (χ4v) is 3.31. The molecule has 0 saturated carbocycles. The Morgan fingerprint density at radius 2 is 2.10 bits per heavy atom. The maximum absolute atomic E-state index is 12.3. The smallest absolute Gasteiger partial charge is 0.252 e. The molecule has 0 radical (unpaired) electrons. The van der Waals surface area contributed by atoms with Gasteiger partial charge >= 0.3 is 0 Å². The summed E-state index contributed by atoms with van der Waals surface area (Å²) < 4.78 is 1.92. The van der Waals surface area contributed by atoms with Crippen molar-refractivity contribution in [2.45, 2.75) is 19.8 Å². The van der Waals surface area contributed by atoms with E-state index in [2.05, 4.69) is 62.7 Å². The number of nitrogens with zero attached hydrogens (tertiary/aromatic N) is 1. The van der Waals surface area contributed by atoms with Gasteiger partial charge in [0.2, 0.25) is 0 Å². The number of hydrogen-bond donors (Lipinski definition) is 1. The van der Waals surface area contributed by atoms with Gasteiger partial charge in [0, 0.05) is 14.6 Å². The van der Waals surface area contributed by atoms with Crippen molar-refractivity contribution in [3.63, 3.8) is 0 Å². The number of benzene rings is 1. The van der Waals surface area contributed by atoms with Crippen LogP contribution in [0.15, 0.2) is 22.7 Å². The van der Waals surface area contributed by atoms with E-state index < -0.39 is 0 Å². The Balaban J connectivity index is 1.97. The SMILES string of the molecule is CN1CCC(C)(CNC(=O)c2cc(I)ccc2Br)CC1. The van der Waals surface area contributed by atoms with E-state index in [0.29, 0.717) is 5.56 Å². The highest BCUT2D eigenvalue weighted by atomic mass is 127. The molecule has 3 nitrogen and oxygen atoms in total. The van der Waals surface area contributed by atoms with Crippen LogP contribution < -0.4 is 5.32 Å². The number of halogens is 2. The zero-order chi connectivity index (χ0) is 14.8. The number of carbonyl (C=O) groups is 1. The third-order valence-electron chi connectivity index (χ3n) is 4.04. The van der Waals surface area contributed by atoms with Crippen molar-refractivity contribution in [3.05, 3.63) is 31.8 Å². The number of rotatable bonds is 3. The van der Waals surface area contributed by atoms with Crippen LogP contribution in [-0.4, -0.2) is 37.5 Å². The third-order valence-corrected chi connectivity index (χ3v) is 5.41. The number of piperidine rings is 1. The van der Waals surface area contributed by atoms with Crippen molar-refractivity contribution >= 4 is 44.4 Å². The molecule has 0 aliphatic carbocycles. The normalized spacial score (nSPS) is 18.8. The van der Waals surface area contributed by atoms with Gasteiger partial charge in [-0.05, 0) is 95.1 Å². The molecule has 1 saturated heterocycles. The van der Waals surface area contributed by atoms with Crippen LogP contribution >= 0.6 is 38.5 Å². The minimum absolute atomic E-state index is 0.00976. The second-order valence-electron chi connectivity index (χ2n) is 5.92. The van der Waals surface area contributed by atoms with Crippen molar-refractivity contribution < 1.29 is 4.79 Å². The lowest BCUT2D eigenvalue weighted by molar-refractivity contribution is 0.0891. The lowest BCUT2D eigenvalue weighted by Gasteiger charge is -2.38. The first-order chi connectivity index (χ1) is 9.39. The van der Waals surface area contributed by atoms with Gasteiger partial charge in [0.1, 0.15) is 0 Å². The van der Waals surface area contributed by atoms with Gasteiger partial charge in [0.25, 0.3) is 5.91 Å². The minimum Gasteiger partial charge on any atom is -0.351 e. The van der Waals surface area contributed by atoms with Crippen molar-refractivity contribution in [2.24, 2.45) is 5.41 Å². The largest absolute Gasteiger partial charge is 0.351 e. The van der Waals surface area contributed by atoms with Gasteiger partial charge in [-0.1, -0.05) is 6.92 Å². The average molecular weight is 451 g/mol. The van der Waals surface area contributed by atoms with Crippen LogP contribution in [0.2, 0.25) is 0 Å². The highest BCUT2D eigenvalue weighted by Gasteiger charge is 2.29. The van der Waals surface area contributed by atoms with E-state index in [9.17, 15) is 4.79 Å². The molecular weight excluding hydrogens is 431 g/mol. The molecule has 2 rings (SSSR count). The van der Waals surface area contributed by atoms with Crippen LogP contribution in [0, 0.1) is 8.99 Å². The lowest BCUT2D eigenvalue weighted by Crippen LogP contribution is -2.43. The quantitative estimate of drug-likeness (QED) is 0.714. The molecule has 0 bridgehead atoms. The highest BCUT2D eigenvalue weighted by Crippen LogP contribution is 2.29. The molecular formula is C15H20BrIN2O. The van der Waals surface area contributed by atoms with Crippen molar-refractivity contribution in [3.8, 4) is 0 Å². The van der Waals surface area contributed by atoms with E-state index in [1.165, 1.54) is 0 Å². The van der Waals surface area contributed by atoms with Crippen molar-refractivity contribution in [1.29, 1.82) is 0 Å². The first-order valence-corrected chi connectivity index (χ1v) is 8.69. The fraction of sp³-hybridized carbons (Fsp3) is 0.533. The predicted molar refractivity (Wildman–Crippen MR) is 94.0 cm³/mol. The van der Waals surface area contributed by atoms with Gasteiger partial charge in [0.15, 0.2) is 0 Å². The summed E-state index contributed by atoms with van der Waals surface area (Å²) in [5.41, 5.74) is 0.935. The predicted octanol–water partition coefficient (Wildman–Crippen LogP) is 3.52. The topological polar surface area (TPSA) is 32.3 Å². The van der Waals surface area contributed by atoms with Gasteiger partial charge in [-0.2, -0.15) is 0 Å². The van der Waals surface area contributed by atoms with Gasteiger partial charge in [-0.15, -0.1) is 0 Å². The van der Waals surface area contributed by atoms with Crippen LogP contribution in [-0.2, 0) is 0 Å². The van der Waals surface area contributed by atoms with E-state index in [0.717, 1.165) is 40.5 Å². The van der Waals surface area contributed by atoms with E-state index in [4.69, 9.17) is 0 Å². The fourth-order valence-electron chi connectivity index (χ4n) is 2.40. The Morgan fingerprint density at radius 3 is 2.75 bits per heavy atom. The molecule has 1 aliphatic rings.